The van der Waals surface area contributed by atoms with Crippen molar-refractivity contribution in [3.8, 4) is 0 Å². The molecule has 7 nitrogen and oxygen atoms in total. The Morgan fingerprint density at radius 2 is 2.24 bits per heavy atom. The Morgan fingerprint density at radius 1 is 1.43 bits per heavy atom. The molecule has 0 saturated carbocycles. The van der Waals surface area contributed by atoms with Gasteiger partial charge in [-0.2, -0.15) is 5.10 Å². The van der Waals surface area contributed by atoms with Crippen LogP contribution in [0.4, 0.5) is 0 Å². The predicted octanol–water partition coefficient (Wildman–Crippen LogP) is 1.36. The van der Waals surface area contributed by atoms with Gasteiger partial charge in [-0.3, -0.25) is 10.1 Å². The lowest BCUT2D eigenvalue weighted by Crippen LogP contribution is -2.61. The van der Waals surface area contributed by atoms with Crippen molar-refractivity contribution in [1.29, 1.82) is 0 Å². The van der Waals surface area contributed by atoms with E-state index in [4.69, 9.17) is 11.6 Å². The van der Waals surface area contributed by atoms with Gasteiger partial charge in [0.05, 0.1) is 12.2 Å². The van der Waals surface area contributed by atoms with Crippen LogP contribution in [0.25, 0.3) is 0 Å². The number of hydrogen-bond acceptors (Lipinski definition) is 6. The second-order valence-electron chi connectivity index (χ2n) is 5.46. The van der Waals surface area contributed by atoms with Crippen LogP contribution < -0.4 is 5.32 Å². The van der Waals surface area contributed by atoms with Crippen LogP contribution in [0.5, 0.6) is 0 Å². The molecule has 1 aromatic heterocycles. The number of aliphatic hydroxyl groups is 1. The highest BCUT2D eigenvalue weighted by molar-refractivity contribution is 6.68. The maximum Gasteiger partial charge on any atom is 0.206 e. The fraction of sp³-hybridized carbons (Fsp3) is 0.538. The van der Waals surface area contributed by atoms with Gasteiger partial charge < -0.3 is 10.4 Å². The number of aliphatic imine (C=N–C) groups is 1. The highest BCUT2D eigenvalue weighted by atomic mass is 35.5. The lowest BCUT2D eigenvalue weighted by atomic mass is 9.98. The van der Waals surface area contributed by atoms with Gasteiger partial charge in [0.1, 0.15) is 11.8 Å². The molecule has 1 fully saturated rings. The molecule has 8 heteroatoms. The van der Waals surface area contributed by atoms with E-state index in [1.807, 2.05) is 12.4 Å². The zero-order chi connectivity index (χ0) is 15.0. The highest BCUT2D eigenvalue weighted by Gasteiger charge is 2.37. The normalized spacial score (nSPS) is 31.0. The van der Waals surface area contributed by atoms with Gasteiger partial charge in [-0.05, 0) is 13.8 Å². The van der Waals surface area contributed by atoms with Gasteiger partial charge in [0.25, 0.3) is 0 Å². The molecule has 1 saturated heterocycles. The number of nitrogens with zero attached hydrogens (tertiary/aromatic N) is 4. The van der Waals surface area contributed by atoms with Crippen LogP contribution in [0, 0.1) is 0 Å². The minimum atomic E-state index is 0.127. The lowest BCUT2D eigenvalue weighted by Gasteiger charge is -2.48. The van der Waals surface area contributed by atoms with Gasteiger partial charge >= 0.3 is 0 Å². The molecular formula is C13H19ClN6O. The average Bonchev–Trinajstić information content (AvgIpc) is 2.95. The van der Waals surface area contributed by atoms with E-state index in [2.05, 4.69) is 39.4 Å². The zero-order valence-corrected chi connectivity index (χ0v) is 12.7. The smallest absolute Gasteiger partial charge is 0.206 e. The van der Waals surface area contributed by atoms with Crippen molar-refractivity contribution >= 4 is 16.8 Å². The number of hydrogen-bond donors (Lipinski definition) is 3. The summed E-state index contributed by atoms with van der Waals surface area (Å²) in [7, 11) is 0. The summed E-state index contributed by atoms with van der Waals surface area (Å²) < 4.78 is 0. The average molecular weight is 311 g/mol. The molecule has 3 rings (SSSR count). The first-order valence-corrected chi connectivity index (χ1v) is 7.33. The van der Waals surface area contributed by atoms with Gasteiger partial charge in [-0.15, -0.1) is 0 Å². The number of halogens is 1. The third-order valence-corrected chi connectivity index (χ3v) is 4.16. The molecule has 0 bridgehead atoms. The fourth-order valence-corrected chi connectivity index (χ4v) is 3.04. The van der Waals surface area contributed by atoms with Crippen LogP contribution >= 0.6 is 11.6 Å². The van der Waals surface area contributed by atoms with E-state index in [1.165, 1.54) is 6.08 Å². The summed E-state index contributed by atoms with van der Waals surface area (Å²) >= 11 is 5.83. The van der Waals surface area contributed by atoms with Crippen molar-refractivity contribution < 1.29 is 5.11 Å². The largest absolute Gasteiger partial charge is 0.494 e. The van der Waals surface area contributed by atoms with E-state index in [9.17, 15) is 5.11 Å². The van der Waals surface area contributed by atoms with Crippen molar-refractivity contribution in [3.05, 3.63) is 29.9 Å². The number of piperazine rings is 1. The van der Waals surface area contributed by atoms with Crippen molar-refractivity contribution in [2.24, 2.45) is 4.99 Å². The van der Waals surface area contributed by atoms with E-state index in [0.717, 1.165) is 12.1 Å². The summed E-state index contributed by atoms with van der Waals surface area (Å²) in [6, 6.07) is 0.540. The molecule has 2 aliphatic heterocycles. The molecule has 1 aromatic rings. The molecule has 0 radical (unpaired) electrons. The molecule has 114 valence electrons. The number of aromatic nitrogens is 2. The second kappa shape index (κ2) is 5.67. The molecule has 3 N–H and O–H groups in total. The predicted molar refractivity (Wildman–Crippen MR) is 80.8 cm³/mol. The maximum atomic E-state index is 10.2. The first kappa shape index (κ1) is 14.4. The van der Waals surface area contributed by atoms with Crippen molar-refractivity contribution in [2.75, 3.05) is 13.2 Å². The monoisotopic (exact) mass is 310 g/mol. The molecule has 2 aliphatic rings. The van der Waals surface area contributed by atoms with Crippen molar-refractivity contribution in [2.45, 2.75) is 32.0 Å². The first-order valence-electron chi connectivity index (χ1n) is 6.95. The van der Waals surface area contributed by atoms with E-state index in [-0.39, 0.29) is 24.0 Å². The number of nitrogens with one attached hydrogen (secondary N) is 2. The van der Waals surface area contributed by atoms with Gasteiger partial charge in [-0.1, -0.05) is 11.6 Å². The topological polar surface area (TPSA) is 79.8 Å². The summed E-state index contributed by atoms with van der Waals surface area (Å²) in [5.41, 5.74) is 1.10. The number of aliphatic hydroxyl groups excluding tert-OH is 1. The maximum absolute atomic E-state index is 10.2. The van der Waals surface area contributed by atoms with Crippen LogP contribution in [0.3, 0.4) is 0 Å². The highest BCUT2D eigenvalue weighted by Crippen LogP contribution is 2.28. The fourth-order valence-electron chi connectivity index (χ4n) is 2.89. The van der Waals surface area contributed by atoms with Crippen LogP contribution in [0.1, 0.15) is 25.5 Å². The zero-order valence-electron chi connectivity index (χ0n) is 12.0. The van der Waals surface area contributed by atoms with E-state index in [0.29, 0.717) is 11.8 Å². The third-order valence-electron chi connectivity index (χ3n) is 3.93. The van der Waals surface area contributed by atoms with Gasteiger partial charge in [0, 0.05) is 36.5 Å². The Morgan fingerprint density at radius 3 is 2.90 bits per heavy atom. The lowest BCUT2D eigenvalue weighted by molar-refractivity contribution is -0.0920. The summed E-state index contributed by atoms with van der Waals surface area (Å²) in [4.78, 5) is 4.18. The number of hydrazine groups is 1. The molecule has 21 heavy (non-hydrogen) atoms. The summed E-state index contributed by atoms with van der Waals surface area (Å²) in [5, 5.41) is 24.8. The molecule has 3 atom stereocenters. The standard InChI is InChI=1S/C13H19ClN6O/c1-8-6-19(20-7-15-11(14)3-12(20)21)9(2)13(18-8)10-4-16-17-5-10/h3-5,8-9,13,18,21H,6-7H2,1-2H3,(H,16,17). The SMILES string of the molecule is CC1CN(N2CN=C(Cl)C=C2O)C(C)C(c2cn[nH]c2)N1. The Kier molecular flexibility index (Phi) is 3.88. The molecule has 0 amide bonds. The number of allylic oxidation sites excluding steroid dienone is 1. The summed E-state index contributed by atoms with van der Waals surface area (Å²) in [6.07, 6.45) is 5.19. The number of H-pyrrole nitrogens is 1. The Labute approximate surface area is 128 Å². The van der Waals surface area contributed by atoms with Crippen LogP contribution in [0.2, 0.25) is 0 Å². The molecule has 3 unspecified atom stereocenters. The van der Waals surface area contributed by atoms with Gasteiger partial charge in [-0.25, -0.2) is 10.0 Å². The number of aromatic amines is 1. The Hall–Kier alpha value is -1.57. The molecule has 0 aliphatic carbocycles. The van der Waals surface area contributed by atoms with Gasteiger partial charge in [0.15, 0.2) is 0 Å². The van der Waals surface area contributed by atoms with Crippen molar-refractivity contribution in [3.63, 3.8) is 0 Å². The summed E-state index contributed by atoms with van der Waals surface area (Å²) in [5.74, 6) is 0.127. The molecule has 0 aromatic carbocycles. The molecule has 3 heterocycles. The van der Waals surface area contributed by atoms with Gasteiger partial charge in [0.2, 0.25) is 5.88 Å². The Balaban J connectivity index is 1.83. The molecular weight excluding hydrogens is 292 g/mol. The molecule has 0 spiro atoms. The minimum Gasteiger partial charge on any atom is -0.494 e. The first-order chi connectivity index (χ1) is 10.1. The van der Waals surface area contributed by atoms with Crippen molar-refractivity contribution in [1.82, 2.24) is 25.5 Å². The summed E-state index contributed by atoms with van der Waals surface area (Å²) in [6.45, 7) is 5.34. The second-order valence-corrected chi connectivity index (χ2v) is 5.85. The van der Waals surface area contributed by atoms with E-state index >= 15 is 0 Å². The minimum absolute atomic E-state index is 0.127. The van der Waals surface area contributed by atoms with Crippen LogP contribution in [-0.2, 0) is 0 Å². The van der Waals surface area contributed by atoms with E-state index in [1.54, 1.807) is 5.01 Å². The number of rotatable bonds is 2. The van der Waals surface area contributed by atoms with E-state index < -0.39 is 0 Å². The van der Waals surface area contributed by atoms with Crippen LogP contribution in [0.15, 0.2) is 29.3 Å². The Bertz CT molecular complexity index is 557. The quantitative estimate of drug-likeness (QED) is 0.768. The third kappa shape index (κ3) is 2.76. The van der Waals surface area contributed by atoms with Crippen LogP contribution in [-0.4, -0.2) is 55.8 Å².